The molecule has 0 atom stereocenters. The number of methoxy groups -OCH3 is 1. The predicted octanol–water partition coefficient (Wildman–Crippen LogP) is 1.87. The van der Waals surface area contributed by atoms with Gasteiger partial charge < -0.3 is 9.94 Å². The molecule has 1 aromatic carbocycles. The van der Waals surface area contributed by atoms with Crippen molar-refractivity contribution in [3.63, 3.8) is 0 Å². The molecule has 0 N–H and O–H groups in total. The average molecular weight is 149 g/mol. The minimum Gasteiger partial charge on any atom is -0.498 e. The summed E-state index contributed by atoms with van der Waals surface area (Å²) in [6, 6.07) is 9.24. The first kappa shape index (κ1) is 7.42. The molecule has 0 unspecified atom stereocenters. The first-order valence-electron chi connectivity index (χ1n) is 3.09. The number of rotatable bonds is 1. The summed E-state index contributed by atoms with van der Waals surface area (Å²) < 4.78 is 4.92. The van der Waals surface area contributed by atoms with Crippen LogP contribution in [0.3, 0.4) is 0 Å². The summed E-state index contributed by atoms with van der Waals surface area (Å²) >= 11 is 0. The van der Waals surface area contributed by atoms with Gasteiger partial charge in [0.1, 0.15) is 11.3 Å². The van der Waals surface area contributed by atoms with Crippen LogP contribution >= 0.6 is 0 Å². The van der Waals surface area contributed by atoms with Crippen LogP contribution in [0.2, 0.25) is 0 Å². The summed E-state index contributed by atoms with van der Waals surface area (Å²) in [5.41, 5.74) is 0.624. The molecule has 0 aromatic heterocycles. The topological polar surface area (TPSA) is 36.6 Å². The highest BCUT2D eigenvalue weighted by Crippen LogP contribution is 2.11. The molecule has 0 saturated carbocycles. The van der Waals surface area contributed by atoms with Gasteiger partial charge in [0, 0.05) is 11.1 Å². The second-order valence-electron chi connectivity index (χ2n) is 1.94. The zero-order valence-electron chi connectivity index (χ0n) is 6.07. The molecular formula is C8H7NO2. The van der Waals surface area contributed by atoms with Gasteiger partial charge in [-0.15, -0.1) is 0 Å². The lowest BCUT2D eigenvalue weighted by atomic mass is 10.2. The SMILES string of the molecule is COc1cccc(C#[N+][O-])c1. The van der Waals surface area contributed by atoms with Crippen LogP contribution in [0, 0.1) is 11.3 Å². The van der Waals surface area contributed by atoms with Crippen LogP contribution in [0.25, 0.3) is 5.01 Å². The highest BCUT2D eigenvalue weighted by Gasteiger charge is 1.95. The van der Waals surface area contributed by atoms with E-state index in [-0.39, 0.29) is 0 Å². The van der Waals surface area contributed by atoms with E-state index in [1.807, 2.05) is 0 Å². The smallest absolute Gasteiger partial charge is 0.336 e. The maximum atomic E-state index is 9.77. The molecule has 0 saturated heterocycles. The van der Waals surface area contributed by atoms with E-state index >= 15 is 0 Å². The Morgan fingerprint density at radius 1 is 1.55 bits per heavy atom. The molecule has 11 heavy (non-hydrogen) atoms. The number of nitrogens with zero attached hydrogens (tertiary/aromatic N) is 1. The van der Waals surface area contributed by atoms with Crippen LogP contribution in [0.5, 0.6) is 5.75 Å². The predicted molar refractivity (Wildman–Crippen MR) is 42.7 cm³/mol. The molecule has 0 aliphatic rings. The van der Waals surface area contributed by atoms with Crippen molar-refractivity contribution in [1.82, 2.24) is 0 Å². The van der Waals surface area contributed by atoms with Gasteiger partial charge in [-0.25, -0.2) is 0 Å². The highest BCUT2D eigenvalue weighted by atomic mass is 16.5. The van der Waals surface area contributed by atoms with Crippen LogP contribution in [0.15, 0.2) is 24.3 Å². The number of benzene rings is 1. The van der Waals surface area contributed by atoms with Gasteiger partial charge in [-0.1, -0.05) is 6.07 Å². The van der Waals surface area contributed by atoms with E-state index < -0.39 is 0 Å². The molecular weight excluding hydrogens is 142 g/mol. The van der Waals surface area contributed by atoms with Crippen LogP contribution in [0.1, 0.15) is 5.56 Å². The fourth-order valence-corrected chi connectivity index (χ4v) is 0.745. The lowest BCUT2D eigenvalue weighted by Gasteiger charge is -1.95. The Morgan fingerprint density at radius 2 is 2.36 bits per heavy atom. The first-order valence-corrected chi connectivity index (χ1v) is 3.09. The Kier molecular flexibility index (Phi) is 2.34. The summed E-state index contributed by atoms with van der Waals surface area (Å²) in [6.45, 7) is 0. The van der Waals surface area contributed by atoms with Gasteiger partial charge in [-0.2, -0.15) is 0 Å². The Morgan fingerprint density at radius 3 is 3.00 bits per heavy atom. The molecule has 0 amide bonds. The number of ether oxygens (including phenoxy) is 1. The molecule has 3 heteroatoms. The van der Waals surface area contributed by atoms with E-state index in [1.54, 1.807) is 31.4 Å². The molecule has 0 fully saturated rings. The fraction of sp³-hybridized carbons (Fsp3) is 0.125. The maximum Gasteiger partial charge on any atom is 0.336 e. The molecule has 0 aliphatic heterocycles. The van der Waals surface area contributed by atoms with Crippen molar-refractivity contribution in [2.24, 2.45) is 0 Å². The second kappa shape index (κ2) is 3.47. The molecule has 3 nitrogen and oxygen atoms in total. The molecule has 0 spiro atoms. The molecule has 1 aromatic rings. The van der Waals surface area contributed by atoms with E-state index in [4.69, 9.17) is 4.74 Å². The summed E-state index contributed by atoms with van der Waals surface area (Å²) in [6.07, 6.45) is 0. The Labute approximate surface area is 64.6 Å². The van der Waals surface area contributed by atoms with E-state index in [0.717, 1.165) is 0 Å². The summed E-state index contributed by atoms with van der Waals surface area (Å²) in [7, 11) is 1.56. The molecule has 56 valence electrons. The molecule has 0 aliphatic carbocycles. The van der Waals surface area contributed by atoms with Crippen LogP contribution < -0.4 is 4.74 Å². The standard InChI is InChI=1S/C8H7NO2/c1-11-8-4-2-3-7(5-8)6-9-10/h2-5H,1H3. The highest BCUT2D eigenvalue weighted by molar-refractivity contribution is 5.37. The molecule has 0 bridgehead atoms. The van der Waals surface area contributed by atoms with Gasteiger partial charge in [0.25, 0.3) is 0 Å². The van der Waals surface area contributed by atoms with Gasteiger partial charge in [0.05, 0.1) is 7.11 Å². The third-order valence-corrected chi connectivity index (χ3v) is 1.24. The van der Waals surface area contributed by atoms with E-state index in [0.29, 0.717) is 11.3 Å². The van der Waals surface area contributed by atoms with Crippen LogP contribution in [-0.4, -0.2) is 7.11 Å². The largest absolute Gasteiger partial charge is 0.498 e. The molecule has 1 rings (SSSR count). The average Bonchev–Trinajstić information content (AvgIpc) is 2.06. The van der Waals surface area contributed by atoms with Gasteiger partial charge in [0.15, 0.2) is 0 Å². The number of hydrogen-bond donors (Lipinski definition) is 0. The van der Waals surface area contributed by atoms with Crippen molar-refractivity contribution >= 4 is 0 Å². The van der Waals surface area contributed by atoms with E-state index in [2.05, 4.69) is 11.1 Å². The van der Waals surface area contributed by atoms with Crippen molar-refractivity contribution in [2.75, 3.05) is 7.11 Å². The second-order valence-corrected chi connectivity index (χ2v) is 1.94. The number of hydrogen-bond acceptors (Lipinski definition) is 2. The van der Waals surface area contributed by atoms with Crippen molar-refractivity contribution in [1.29, 1.82) is 0 Å². The summed E-state index contributed by atoms with van der Waals surface area (Å²) in [4.78, 5) is 0. The van der Waals surface area contributed by atoms with Crippen molar-refractivity contribution < 1.29 is 4.74 Å². The lowest BCUT2D eigenvalue weighted by Crippen LogP contribution is -1.82. The third-order valence-electron chi connectivity index (χ3n) is 1.24. The summed E-state index contributed by atoms with van der Waals surface area (Å²) in [5, 5.41) is 12.3. The normalized spacial score (nSPS) is 8.09. The van der Waals surface area contributed by atoms with Crippen molar-refractivity contribution in [3.05, 3.63) is 40.0 Å². The van der Waals surface area contributed by atoms with Crippen molar-refractivity contribution in [3.8, 4) is 11.8 Å². The van der Waals surface area contributed by atoms with Crippen LogP contribution in [0.4, 0.5) is 0 Å². The first-order chi connectivity index (χ1) is 5.36. The summed E-state index contributed by atoms with van der Waals surface area (Å²) in [5.74, 6) is 0.693. The maximum absolute atomic E-state index is 9.77. The molecule has 0 heterocycles. The molecule has 0 radical (unpaired) electrons. The fourth-order valence-electron chi connectivity index (χ4n) is 0.745. The van der Waals surface area contributed by atoms with Gasteiger partial charge in [0.2, 0.25) is 0 Å². The zero-order valence-corrected chi connectivity index (χ0v) is 6.07. The lowest BCUT2D eigenvalue weighted by molar-refractivity contribution is 0.414. The quantitative estimate of drug-likeness (QED) is 0.571. The van der Waals surface area contributed by atoms with Crippen molar-refractivity contribution in [2.45, 2.75) is 0 Å². The van der Waals surface area contributed by atoms with Gasteiger partial charge in [-0.3, -0.25) is 0 Å². The van der Waals surface area contributed by atoms with Crippen LogP contribution in [-0.2, 0) is 0 Å². The van der Waals surface area contributed by atoms with E-state index in [9.17, 15) is 5.21 Å². The third kappa shape index (κ3) is 1.87. The monoisotopic (exact) mass is 149 g/mol. The van der Waals surface area contributed by atoms with Gasteiger partial charge in [-0.05, 0) is 12.1 Å². The van der Waals surface area contributed by atoms with Gasteiger partial charge >= 0.3 is 6.07 Å². The zero-order chi connectivity index (χ0) is 8.10. The Hall–Kier alpha value is -1.69. The minimum absolute atomic E-state index is 0.624. The minimum atomic E-state index is 0.624. The Bertz CT molecular complexity index is 298. The Balaban J connectivity index is 2.97. The van der Waals surface area contributed by atoms with E-state index in [1.165, 1.54) is 0 Å².